The fourth-order valence-electron chi connectivity index (χ4n) is 4.52. The summed E-state index contributed by atoms with van der Waals surface area (Å²) in [5.74, 6) is 1.49. The Balaban J connectivity index is 1.39. The summed E-state index contributed by atoms with van der Waals surface area (Å²) in [6.07, 6.45) is 3.38. The topological polar surface area (TPSA) is 81.7 Å². The highest BCUT2D eigenvalue weighted by molar-refractivity contribution is 5.71. The third kappa shape index (κ3) is 5.05. The molecule has 1 saturated heterocycles. The summed E-state index contributed by atoms with van der Waals surface area (Å²) in [6, 6.07) is 10.6. The van der Waals surface area contributed by atoms with Gasteiger partial charge in [-0.1, -0.05) is 30.3 Å². The van der Waals surface area contributed by atoms with Crippen LogP contribution in [-0.4, -0.2) is 54.1 Å². The van der Waals surface area contributed by atoms with Gasteiger partial charge < -0.3 is 20.5 Å². The zero-order chi connectivity index (χ0) is 18.4. The lowest BCUT2D eigenvalue weighted by Gasteiger charge is -2.22. The number of fused-ring (bicyclic) bond motifs is 1. The maximum Gasteiger partial charge on any atom is 0.405 e. The number of rotatable bonds is 9. The van der Waals surface area contributed by atoms with E-state index in [0.717, 1.165) is 32.0 Å². The smallest absolute Gasteiger partial charge is 0.405 e. The summed E-state index contributed by atoms with van der Waals surface area (Å²) < 4.78 is 0. The van der Waals surface area contributed by atoms with Crippen molar-refractivity contribution in [1.29, 1.82) is 0 Å². The van der Waals surface area contributed by atoms with Crippen molar-refractivity contribution in [3.8, 4) is 0 Å². The highest BCUT2D eigenvalue weighted by atomic mass is 16.4. The molecule has 4 atom stereocenters. The molecule has 26 heavy (non-hydrogen) atoms. The molecule has 1 saturated carbocycles. The Bertz CT molecular complexity index is 595. The summed E-state index contributed by atoms with van der Waals surface area (Å²) in [5.41, 5.74) is 1.38. The van der Waals surface area contributed by atoms with Gasteiger partial charge in [0.05, 0.1) is 6.04 Å². The van der Waals surface area contributed by atoms with E-state index < -0.39 is 12.1 Å². The molecule has 0 unspecified atom stereocenters. The van der Waals surface area contributed by atoms with E-state index >= 15 is 0 Å². The number of benzene rings is 1. The first-order chi connectivity index (χ1) is 12.7. The molecule has 0 radical (unpaired) electrons. The maximum absolute atomic E-state index is 10.9. The van der Waals surface area contributed by atoms with Gasteiger partial charge in [0.15, 0.2) is 0 Å². The van der Waals surface area contributed by atoms with Crippen molar-refractivity contribution < 1.29 is 14.7 Å². The van der Waals surface area contributed by atoms with Crippen LogP contribution in [0.15, 0.2) is 30.3 Å². The average molecular weight is 359 g/mol. The predicted molar refractivity (Wildman–Crippen MR) is 100.0 cm³/mol. The van der Waals surface area contributed by atoms with Crippen LogP contribution in [0.2, 0.25) is 0 Å². The van der Waals surface area contributed by atoms with Gasteiger partial charge in [-0.15, -0.1) is 0 Å². The quantitative estimate of drug-likeness (QED) is 0.465. The fraction of sp³-hybridized carbons (Fsp3) is 0.600. The summed E-state index contributed by atoms with van der Waals surface area (Å²) in [5, 5.41) is 14.6. The van der Waals surface area contributed by atoms with Gasteiger partial charge in [-0.25, -0.2) is 4.79 Å². The molecule has 6 nitrogen and oxygen atoms in total. The van der Waals surface area contributed by atoms with Crippen molar-refractivity contribution in [1.82, 2.24) is 15.5 Å². The maximum atomic E-state index is 10.9. The Labute approximate surface area is 155 Å². The van der Waals surface area contributed by atoms with Crippen molar-refractivity contribution in [2.24, 2.45) is 11.8 Å². The SMILES string of the molecule is O=C[C@H](CCCN[C@H]1CC[C@@H]2CN(Cc3ccccc3)C[C@@H]21)NC(=O)O. The van der Waals surface area contributed by atoms with E-state index in [9.17, 15) is 9.59 Å². The van der Waals surface area contributed by atoms with Crippen LogP contribution in [0.4, 0.5) is 4.79 Å². The second-order valence-electron chi connectivity index (χ2n) is 7.58. The molecule has 1 aromatic carbocycles. The molecule has 2 fully saturated rings. The average Bonchev–Trinajstić information content (AvgIpc) is 3.19. The Kier molecular flexibility index (Phi) is 6.63. The number of likely N-dealkylation sites (tertiary alicyclic amines) is 1. The zero-order valence-electron chi connectivity index (χ0n) is 15.1. The first kappa shape index (κ1) is 18.9. The van der Waals surface area contributed by atoms with Crippen LogP contribution in [0.3, 0.4) is 0 Å². The molecule has 1 aliphatic heterocycles. The molecule has 1 aliphatic carbocycles. The van der Waals surface area contributed by atoms with E-state index in [4.69, 9.17) is 5.11 Å². The summed E-state index contributed by atoms with van der Waals surface area (Å²) in [7, 11) is 0. The number of nitrogens with one attached hydrogen (secondary N) is 2. The minimum atomic E-state index is -1.14. The van der Waals surface area contributed by atoms with Crippen LogP contribution >= 0.6 is 0 Å². The zero-order valence-corrected chi connectivity index (χ0v) is 15.1. The van der Waals surface area contributed by atoms with Crippen molar-refractivity contribution in [3.05, 3.63) is 35.9 Å². The van der Waals surface area contributed by atoms with Crippen molar-refractivity contribution in [2.45, 2.75) is 44.3 Å². The van der Waals surface area contributed by atoms with Gasteiger partial charge in [0, 0.05) is 25.7 Å². The van der Waals surface area contributed by atoms with Crippen molar-refractivity contribution in [3.63, 3.8) is 0 Å². The van der Waals surface area contributed by atoms with Crippen LogP contribution in [-0.2, 0) is 11.3 Å². The molecule has 6 heteroatoms. The first-order valence-corrected chi connectivity index (χ1v) is 9.60. The van der Waals surface area contributed by atoms with Gasteiger partial charge in [-0.2, -0.15) is 0 Å². The molecular formula is C20H29N3O3. The second-order valence-corrected chi connectivity index (χ2v) is 7.58. The number of aldehydes is 1. The van der Waals surface area contributed by atoms with Gasteiger partial charge in [-0.3, -0.25) is 4.90 Å². The Morgan fingerprint density at radius 3 is 2.81 bits per heavy atom. The second kappa shape index (κ2) is 9.14. The van der Waals surface area contributed by atoms with Crippen molar-refractivity contribution >= 4 is 12.4 Å². The van der Waals surface area contributed by atoms with Crippen LogP contribution < -0.4 is 10.6 Å². The molecular weight excluding hydrogens is 330 g/mol. The number of hydrogen-bond donors (Lipinski definition) is 3. The monoisotopic (exact) mass is 359 g/mol. The lowest BCUT2D eigenvalue weighted by molar-refractivity contribution is -0.109. The van der Waals surface area contributed by atoms with E-state index in [1.54, 1.807) is 0 Å². The predicted octanol–water partition coefficient (Wildman–Crippen LogP) is 2.10. The van der Waals surface area contributed by atoms with Gasteiger partial charge >= 0.3 is 6.09 Å². The van der Waals surface area contributed by atoms with Gasteiger partial charge in [0.2, 0.25) is 0 Å². The number of carbonyl (C=O) groups is 2. The molecule has 1 heterocycles. The molecule has 3 N–H and O–H groups in total. The third-order valence-electron chi connectivity index (χ3n) is 5.75. The molecule has 2 aliphatic rings. The lowest BCUT2D eigenvalue weighted by Crippen LogP contribution is -2.38. The molecule has 0 bridgehead atoms. The summed E-state index contributed by atoms with van der Waals surface area (Å²) in [6.45, 7) is 4.20. The van der Waals surface area contributed by atoms with Crippen LogP contribution in [0, 0.1) is 11.8 Å². The number of nitrogens with zero attached hydrogens (tertiary/aromatic N) is 1. The largest absolute Gasteiger partial charge is 0.465 e. The summed E-state index contributed by atoms with van der Waals surface area (Å²) in [4.78, 5) is 24.0. The highest BCUT2D eigenvalue weighted by Crippen LogP contribution is 2.38. The normalized spacial score (nSPS) is 26.4. The van der Waals surface area contributed by atoms with Crippen LogP contribution in [0.25, 0.3) is 0 Å². The van der Waals surface area contributed by atoms with E-state index in [1.807, 2.05) is 0 Å². The van der Waals surface area contributed by atoms with Gasteiger partial charge in [-0.05, 0) is 49.6 Å². The molecule has 0 spiro atoms. The van der Waals surface area contributed by atoms with E-state index in [-0.39, 0.29) is 0 Å². The van der Waals surface area contributed by atoms with Gasteiger partial charge in [0.25, 0.3) is 0 Å². The summed E-state index contributed by atoms with van der Waals surface area (Å²) >= 11 is 0. The molecule has 1 amide bonds. The minimum Gasteiger partial charge on any atom is -0.465 e. The minimum absolute atomic E-state index is 0.544. The molecule has 3 rings (SSSR count). The molecule has 142 valence electrons. The standard InChI is InChI=1S/C20H29N3O3/c24-14-17(22-20(25)26)7-4-10-21-19-9-8-16-12-23(13-18(16)19)11-15-5-2-1-3-6-15/h1-3,5-6,14,16-19,21-22H,4,7-13H2,(H,25,26)/t16-,17+,18+,19+/m1/s1. The van der Waals surface area contributed by atoms with Crippen LogP contribution in [0.1, 0.15) is 31.2 Å². The third-order valence-corrected chi connectivity index (χ3v) is 5.75. The molecule has 1 aromatic rings. The van der Waals surface area contributed by atoms with E-state index in [2.05, 4.69) is 45.9 Å². The van der Waals surface area contributed by atoms with Crippen LogP contribution in [0.5, 0.6) is 0 Å². The highest BCUT2D eigenvalue weighted by Gasteiger charge is 2.41. The number of carbonyl (C=O) groups excluding carboxylic acids is 1. The Morgan fingerprint density at radius 2 is 2.08 bits per heavy atom. The number of amides is 1. The van der Waals surface area contributed by atoms with E-state index in [1.165, 1.54) is 24.9 Å². The number of hydrogen-bond acceptors (Lipinski definition) is 4. The van der Waals surface area contributed by atoms with Gasteiger partial charge in [0.1, 0.15) is 6.29 Å². The Morgan fingerprint density at radius 1 is 1.27 bits per heavy atom. The Hall–Kier alpha value is -1.92. The molecule has 0 aromatic heterocycles. The van der Waals surface area contributed by atoms with E-state index in [0.29, 0.717) is 24.7 Å². The lowest BCUT2D eigenvalue weighted by atomic mass is 9.97. The van der Waals surface area contributed by atoms with Crippen molar-refractivity contribution in [2.75, 3.05) is 19.6 Å². The first-order valence-electron chi connectivity index (χ1n) is 9.60. The number of carboxylic acid groups (broad SMARTS) is 1. The fourth-order valence-corrected chi connectivity index (χ4v) is 4.52.